The maximum atomic E-state index is 12.4. The Morgan fingerprint density at radius 2 is 2.26 bits per heavy atom. The van der Waals surface area contributed by atoms with Crippen LogP contribution in [0.5, 0.6) is 0 Å². The fourth-order valence-corrected chi connectivity index (χ4v) is 2.71. The summed E-state index contributed by atoms with van der Waals surface area (Å²) < 4.78 is 6.71. The highest BCUT2D eigenvalue weighted by molar-refractivity contribution is 5.77. The van der Waals surface area contributed by atoms with E-state index >= 15 is 0 Å². The van der Waals surface area contributed by atoms with Crippen molar-refractivity contribution in [2.24, 2.45) is 5.92 Å². The number of nitrogens with one attached hydrogen (secondary N) is 1. The Hall–Kier alpha value is -1.89. The van der Waals surface area contributed by atoms with Crippen molar-refractivity contribution in [1.82, 2.24) is 20.0 Å². The van der Waals surface area contributed by atoms with E-state index in [1.54, 1.807) is 6.20 Å². The van der Waals surface area contributed by atoms with Crippen LogP contribution in [0.25, 0.3) is 0 Å². The Balaban J connectivity index is 1.98. The lowest BCUT2D eigenvalue weighted by Gasteiger charge is -2.34. The number of aromatic nitrogens is 2. The normalized spacial score (nSPS) is 17.2. The molecule has 1 aliphatic rings. The largest absolute Gasteiger partial charge is 0.375 e. The molecule has 2 amide bonds. The molecule has 0 aliphatic carbocycles. The zero-order valence-corrected chi connectivity index (χ0v) is 14.1. The van der Waals surface area contributed by atoms with Gasteiger partial charge in [0, 0.05) is 32.8 Å². The molecule has 7 nitrogen and oxygen atoms in total. The first kappa shape index (κ1) is 17.5. The highest BCUT2D eigenvalue weighted by Gasteiger charge is 2.28. The third-order valence-corrected chi connectivity index (χ3v) is 3.98. The van der Waals surface area contributed by atoms with Crippen LogP contribution in [-0.2, 0) is 20.9 Å². The molecule has 1 aromatic heterocycles. The van der Waals surface area contributed by atoms with Crippen LogP contribution in [0.1, 0.15) is 38.4 Å². The van der Waals surface area contributed by atoms with E-state index in [9.17, 15) is 9.59 Å². The summed E-state index contributed by atoms with van der Waals surface area (Å²) >= 11 is 0. The van der Waals surface area contributed by atoms with Gasteiger partial charge in [0.25, 0.3) is 0 Å². The van der Waals surface area contributed by atoms with Crippen LogP contribution in [-0.4, -0.2) is 53.3 Å². The number of methoxy groups -OCH3 is 1. The van der Waals surface area contributed by atoms with Crippen LogP contribution in [0.15, 0.2) is 12.3 Å². The molecule has 0 fully saturated rings. The van der Waals surface area contributed by atoms with Crippen molar-refractivity contribution in [3.8, 4) is 0 Å². The van der Waals surface area contributed by atoms with E-state index in [1.807, 2.05) is 15.6 Å². The molecule has 0 saturated heterocycles. The minimum Gasteiger partial charge on any atom is -0.375 e. The molecule has 1 N–H and O–H groups in total. The highest BCUT2D eigenvalue weighted by Crippen LogP contribution is 2.21. The lowest BCUT2D eigenvalue weighted by Crippen LogP contribution is -2.45. The van der Waals surface area contributed by atoms with Crippen LogP contribution in [0, 0.1) is 5.92 Å². The van der Waals surface area contributed by atoms with Crippen molar-refractivity contribution in [2.45, 2.75) is 39.3 Å². The molecule has 0 aromatic carbocycles. The van der Waals surface area contributed by atoms with Crippen LogP contribution in [0.3, 0.4) is 0 Å². The smallest absolute Gasteiger partial charge is 0.246 e. The SMILES string of the molecule is COCC(=O)NCC1CN(C(=O)CCC(C)C)Cc2ccnn21. The van der Waals surface area contributed by atoms with Gasteiger partial charge in [-0.15, -0.1) is 0 Å². The number of fused-ring (bicyclic) bond motifs is 1. The van der Waals surface area contributed by atoms with Crippen molar-refractivity contribution in [1.29, 1.82) is 0 Å². The summed E-state index contributed by atoms with van der Waals surface area (Å²) in [7, 11) is 1.49. The van der Waals surface area contributed by atoms with E-state index in [2.05, 4.69) is 24.3 Å². The van der Waals surface area contributed by atoms with Crippen molar-refractivity contribution in [3.63, 3.8) is 0 Å². The minimum atomic E-state index is -0.163. The predicted octanol–water partition coefficient (Wildman–Crippen LogP) is 0.965. The molecule has 0 radical (unpaired) electrons. The van der Waals surface area contributed by atoms with Gasteiger partial charge in [-0.25, -0.2) is 0 Å². The molecule has 1 aromatic rings. The zero-order valence-electron chi connectivity index (χ0n) is 14.1. The first-order valence-corrected chi connectivity index (χ1v) is 8.07. The van der Waals surface area contributed by atoms with Crippen LogP contribution >= 0.6 is 0 Å². The Kier molecular flexibility index (Phi) is 6.15. The Bertz CT molecular complexity index is 541. The summed E-state index contributed by atoms with van der Waals surface area (Å²) in [6.07, 6.45) is 3.19. The average Bonchev–Trinajstić information content (AvgIpc) is 2.98. The summed E-state index contributed by atoms with van der Waals surface area (Å²) in [5.74, 6) is 0.516. The number of hydrogen-bond donors (Lipinski definition) is 1. The van der Waals surface area contributed by atoms with Crippen molar-refractivity contribution in [3.05, 3.63) is 18.0 Å². The summed E-state index contributed by atoms with van der Waals surface area (Å²) in [6.45, 7) is 5.86. The second-order valence-corrected chi connectivity index (χ2v) is 6.36. The van der Waals surface area contributed by atoms with Gasteiger partial charge in [0.05, 0.1) is 18.3 Å². The van der Waals surface area contributed by atoms with Crippen LogP contribution in [0.2, 0.25) is 0 Å². The topological polar surface area (TPSA) is 76.5 Å². The van der Waals surface area contributed by atoms with Gasteiger partial charge in [-0.3, -0.25) is 14.3 Å². The zero-order chi connectivity index (χ0) is 16.8. The number of amides is 2. The quantitative estimate of drug-likeness (QED) is 0.811. The van der Waals surface area contributed by atoms with E-state index in [1.165, 1.54) is 7.11 Å². The van der Waals surface area contributed by atoms with E-state index in [4.69, 9.17) is 4.74 Å². The van der Waals surface area contributed by atoms with Gasteiger partial charge in [0.2, 0.25) is 11.8 Å². The monoisotopic (exact) mass is 322 g/mol. The molecule has 1 aliphatic heterocycles. The number of nitrogens with zero attached hydrogens (tertiary/aromatic N) is 3. The minimum absolute atomic E-state index is 0.0374. The second kappa shape index (κ2) is 8.10. The van der Waals surface area contributed by atoms with E-state index in [-0.39, 0.29) is 24.5 Å². The number of hydrogen-bond acceptors (Lipinski definition) is 4. The lowest BCUT2D eigenvalue weighted by atomic mass is 10.1. The van der Waals surface area contributed by atoms with Gasteiger partial charge < -0.3 is 15.0 Å². The van der Waals surface area contributed by atoms with Crippen molar-refractivity contribution >= 4 is 11.8 Å². The maximum absolute atomic E-state index is 12.4. The molecule has 0 saturated carbocycles. The molecule has 1 atom stereocenters. The molecule has 1 unspecified atom stereocenters. The Morgan fingerprint density at radius 3 is 2.96 bits per heavy atom. The lowest BCUT2D eigenvalue weighted by molar-refractivity contribution is -0.133. The van der Waals surface area contributed by atoms with Gasteiger partial charge in [-0.2, -0.15) is 5.10 Å². The molecule has 0 bridgehead atoms. The molecule has 2 heterocycles. The molecule has 23 heavy (non-hydrogen) atoms. The molecule has 2 rings (SSSR count). The summed E-state index contributed by atoms with van der Waals surface area (Å²) in [6, 6.07) is 1.88. The predicted molar refractivity (Wildman–Crippen MR) is 85.6 cm³/mol. The third kappa shape index (κ3) is 4.79. The van der Waals surface area contributed by atoms with E-state index < -0.39 is 0 Å². The Labute approximate surface area is 137 Å². The molecule has 128 valence electrons. The van der Waals surface area contributed by atoms with Gasteiger partial charge in [-0.05, 0) is 18.4 Å². The van der Waals surface area contributed by atoms with Crippen molar-refractivity contribution < 1.29 is 14.3 Å². The third-order valence-electron chi connectivity index (χ3n) is 3.98. The van der Waals surface area contributed by atoms with Gasteiger partial charge in [0.1, 0.15) is 6.61 Å². The fraction of sp³-hybridized carbons (Fsp3) is 0.688. The number of ether oxygens (including phenoxy) is 1. The van der Waals surface area contributed by atoms with Gasteiger partial charge in [0.15, 0.2) is 0 Å². The second-order valence-electron chi connectivity index (χ2n) is 6.36. The fourth-order valence-electron chi connectivity index (χ4n) is 2.71. The summed E-state index contributed by atoms with van der Waals surface area (Å²) in [5, 5.41) is 7.16. The van der Waals surface area contributed by atoms with Gasteiger partial charge in [-0.1, -0.05) is 13.8 Å². The van der Waals surface area contributed by atoms with Gasteiger partial charge >= 0.3 is 0 Å². The van der Waals surface area contributed by atoms with Crippen LogP contribution in [0.4, 0.5) is 0 Å². The molecular weight excluding hydrogens is 296 g/mol. The molecule has 0 spiro atoms. The molecule has 7 heteroatoms. The van der Waals surface area contributed by atoms with E-state index in [0.29, 0.717) is 32.0 Å². The number of carbonyl (C=O) groups is 2. The number of carbonyl (C=O) groups excluding carboxylic acids is 2. The first-order chi connectivity index (χ1) is 11.0. The number of rotatable bonds is 7. The van der Waals surface area contributed by atoms with E-state index in [0.717, 1.165) is 12.1 Å². The van der Waals surface area contributed by atoms with Crippen molar-refractivity contribution in [2.75, 3.05) is 26.8 Å². The summed E-state index contributed by atoms with van der Waals surface area (Å²) in [5.41, 5.74) is 1.00. The average molecular weight is 322 g/mol. The maximum Gasteiger partial charge on any atom is 0.246 e. The first-order valence-electron chi connectivity index (χ1n) is 8.07. The summed E-state index contributed by atoms with van der Waals surface area (Å²) in [4.78, 5) is 25.9. The highest BCUT2D eigenvalue weighted by atomic mass is 16.5. The Morgan fingerprint density at radius 1 is 1.48 bits per heavy atom. The van der Waals surface area contributed by atoms with Crippen LogP contribution < -0.4 is 5.32 Å². The standard InChI is InChI=1S/C16H26N4O3/c1-12(2)4-5-16(22)19-9-13-6-7-18-20(13)14(10-19)8-17-15(21)11-23-3/h6-7,12,14H,4-5,8-11H2,1-3H3,(H,17,21). The molecular formula is C16H26N4O3.